The fourth-order valence-corrected chi connectivity index (χ4v) is 6.69. The first-order valence-corrected chi connectivity index (χ1v) is 13.3. The van der Waals surface area contributed by atoms with Gasteiger partial charge in [0.1, 0.15) is 12.2 Å². The summed E-state index contributed by atoms with van der Waals surface area (Å²) in [5, 5.41) is 11.7. The van der Waals surface area contributed by atoms with Crippen molar-refractivity contribution < 1.29 is 18.0 Å². The molecule has 0 radical (unpaired) electrons. The SMILES string of the molecule is Cn1cnnc1[C@]1(c2cccc(N3Cc4c(cc(CNC5(C)CCC5)cc4C(F)(F)F)C3=O)c2)C[C@H](Cl)C1. The van der Waals surface area contributed by atoms with E-state index in [4.69, 9.17) is 11.6 Å². The van der Waals surface area contributed by atoms with Crippen molar-refractivity contribution in [3.63, 3.8) is 0 Å². The Kier molecular flexibility index (Phi) is 5.88. The monoisotopic (exact) mass is 543 g/mol. The third-order valence-corrected chi connectivity index (χ3v) is 8.88. The van der Waals surface area contributed by atoms with Crippen LogP contribution < -0.4 is 10.2 Å². The fraction of sp³-hybridized carbons (Fsp3) is 0.464. The normalized spacial score (nSPS) is 24.2. The number of amides is 1. The molecule has 2 saturated carbocycles. The van der Waals surface area contributed by atoms with Gasteiger partial charge in [-0.05, 0) is 80.0 Å². The molecule has 2 aliphatic carbocycles. The van der Waals surface area contributed by atoms with Crippen LogP contribution in [0.2, 0.25) is 0 Å². The number of carbonyl (C=O) groups is 1. The van der Waals surface area contributed by atoms with Crippen LogP contribution in [0.4, 0.5) is 18.9 Å². The topological polar surface area (TPSA) is 63.1 Å². The Morgan fingerprint density at radius 3 is 2.55 bits per heavy atom. The van der Waals surface area contributed by atoms with Crippen molar-refractivity contribution in [1.29, 1.82) is 0 Å². The molecule has 2 fully saturated rings. The summed E-state index contributed by atoms with van der Waals surface area (Å²) in [5.74, 6) is 0.357. The van der Waals surface area contributed by atoms with Gasteiger partial charge in [-0.25, -0.2) is 0 Å². The van der Waals surface area contributed by atoms with E-state index in [1.165, 1.54) is 11.0 Å². The first kappa shape index (κ1) is 25.4. The number of carbonyl (C=O) groups excluding carboxylic acids is 1. The summed E-state index contributed by atoms with van der Waals surface area (Å²) in [4.78, 5) is 15.0. The molecule has 2 aromatic carbocycles. The minimum atomic E-state index is -4.56. The Hall–Kier alpha value is -2.91. The van der Waals surface area contributed by atoms with Crippen LogP contribution in [0.25, 0.3) is 0 Å². The average Bonchev–Trinajstić information content (AvgIpc) is 3.41. The van der Waals surface area contributed by atoms with Crippen molar-refractivity contribution >= 4 is 23.2 Å². The molecule has 1 amide bonds. The summed E-state index contributed by atoms with van der Waals surface area (Å²) in [6.45, 7) is 2.24. The van der Waals surface area contributed by atoms with Gasteiger partial charge in [-0.2, -0.15) is 13.2 Å². The molecule has 10 heteroatoms. The number of fused-ring (bicyclic) bond motifs is 1. The number of nitrogens with zero attached hydrogens (tertiary/aromatic N) is 4. The highest BCUT2D eigenvalue weighted by Crippen LogP contribution is 2.51. The minimum absolute atomic E-state index is 0.0170. The predicted octanol–water partition coefficient (Wildman–Crippen LogP) is 5.71. The fourth-order valence-electron chi connectivity index (χ4n) is 6.16. The van der Waals surface area contributed by atoms with Gasteiger partial charge in [0.15, 0.2) is 0 Å². The van der Waals surface area contributed by atoms with Crippen molar-refractivity contribution in [3.8, 4) is 0 Å². The largest absolute Gasteiger partial charge is 0.416 e. The first-order chi connectivity index (χ1) is 18.0. The molecule has 38 heavy (non-hydrogen) atoms. The smallest absolute Gasteiger partial charge is 0.320 e. The molecular formula is C28H29ClF3N5O. The predicted molar refractivity (Wildman–Crippen MR) is 138 cm³/mol. The van der Waals surface area contributed by atoms with Gasteiger partial charge in [0.05, 0.1) is 17.5 Å². The molecule has 6 rings (SSSR count). The number of nitrogens with one attached hydrogen (secondary N) is 1. The second-order valence-corrected chi connectivity index (χ2v) is 11.8. The lowest BCUT2D eigenvalue weighted by atomic mass is 9.63. The Morgan fingerprint density at radius 2 is 1.95 bits per heavy atom. The molecule has 3 aromatic rings. The molecular weight excluding hydrogens is 515 g/mol. The zero-order chi connectivity index (χ0) is 26.9. The highest BCUT2D eigenvalue weighted by atomic mass is 35.5. The van der Waals surface area contributed by atoms with Crippen molar-refractivity contribution in [2.24, 2.45) is 7.05 Å². The van der Waals surface area contributed by atoms with Crippen molar-refractivity contribution in [2.75, 3.05) is 4.90 Å². The molecule has 0 spiro atoms. The Bertz CT molecular complexity index is 1410. The molecule has 3 aliphatic rings. The van der Waals surface area contributed by atoms with E-state index in [0.29, 0.717) is 24.1 Å². The summed E-state index contributed by atoms with van der Waals surface area (Å²) in [6.07, 6.45) is 1.49. The van der Waals surface area contributed by atoms with E-state index in [-0.39, 0.29) is 35.1 Å². The van der Waals surface area contributed by atoms with Crippen LogP contribution in [-0.4, -0.2) is 31.6 Å². The number of aryl methyl sites for hydroxylation is 1. The lowest BCUT2D eigenvalue weighted by molar-refractivity contribution is -0.138. The summed E-state index contributed by atoms with van der Waals surface area (Å²) < 4.78 is 44.3. The highest BCUT2D eigenvalue weighted by Gasteiger charge is 2.50. The van der Waals surface area contributed by atoms with E-state index in [2.05, 4.69) is 22.4 Å². The lowest BCUT2D eigenvalue weighted by Gasteiger charge is -2.44. The molecule has 0 unspecified atom stereocenters. The number of alkyl halides is 4. The van der Waals surface area contributed by atoms with Crippen LogP contribution in [0.3, 0.4) is 0 Å². The van der Waals surface area contributed by atoms with Crippen LogP contribution in [0.5, 0.6) is 0 Å². The zero-order valence-electron chi connectivity index (χ0n) is 21.3. The van der Waals surface area contributed by atoms with Gasteiger partial charge in [-0.3, -0.25) is 4.79 Å². The van der Waals surface area contributed by atoms with E-state index in [9.17, 15) is 18.0 Å². The van der Waals surface area contributed by atoms with Crippen LogP contribution in [0.15, 0.2) is 42.7 Å². The summed E-state index contributed by atoms with van der Waals surface area (Å²) >= 11 is 6.41. The van der Waals surface area contributed by atoms with E-state index < -0.39 is 23.1 Å². The van der Waals surface area contributed by atoms with Gasteiger partial charge in [-0.15, -0.1) is 21.8 Å². The van der Waals surface area contributed by atoms with Crippen molar-refractivity contribution in [2.45, 2.75) is 74.6 Å². The Labute approximate surface area is 224 Å². The van der Waals surface area contributed by atoms with Gasteiger partial charge >= 0.3 is 6.18 Å². The summed E-state index contributed by atoms with van der Waals surface area (Å²) in [6, 6.07) is 10.3. The summed E-state index contributed by atoms with van der Waals surface area (Å²) in [7, 11) is 1.87. The van der Waals surface area contributed by atoms with Crippen LogP contribution >= 0.6 is 11.6 Å². The van der Waals surface area contributed by atoms with Gasteiger partial charge in [0, 0.05) is 35.8 Å². The Morgan fingerprint density at radius 1 is 1.18 bits per heavy atom. The standard InChI is InChI=1S/C28H29ClF3N5O/c1-26(7-4-8-26)33-14-17-9-21-22(23(10-17)28(30,31)32)15-37(24(21)38)20-6-3-5-18(11-20)27(12-19(29)13-27)25-35-34-16-36(25)2/h3,5-6,9-11,16,19,33H,4,7-8,12-15H2,1-2H3/t19-,27+. The van der Waals surface area contributed by atoms with E-state index in [1.807, 2.05) is 29.8 Å². The van der Waals surface area contributed by atoms with Gasteiger partial charge in [0.25, 0.3) is 5.91 Å². The third kappa shape index (κ3) is 4.11. The van der Waals surface area contributed by atoms with Gasteiger partial charge in [0.2, 0.25) is 0 Å². The summed E-state index contributed by atoms with van der Waals surface area (Å²) in [5.41, 5.74) is 0.827. The number of anilines is 1. The van der Waals surface area contributed by atoms with Crippen molar-refractivity contribution in [1.82, 2.24) is 20.1 Å². The maximum Gasteiger partial charge on any atom is 0.416 e. The number of hydrogen-bond donors (Lipinski definition) is 1. The quantitative estimate of drug-likeness (QED) is 0.404. The van der Waals surface area contributed by atoms with E-state index >= 15 is 0 Å². The second-order valence-electron chi connectivity index (χ2n) is 11.2. The second kappa shape index (κ2) is 8.81. The molecule has 1 aliphatic heterocycles. The molecule has 0 bridgehead atoms. The molecule has 200 valence electrons. The molecule has 1 aromatic heterocycles. The van der Waals surface area contributed by atoms with Crippen LogP contribution in [0, 0.1) is 0 Å². The molecule has 1 N–H and O–H groups in total. The number of benzene rings is 2. The molecule has 2 heterocycles. The first-order valence-electron chi connectivity index (χ1n) is 12.9. The van der Waals surface area contributed by atoms with E-state index in [0.717, 1.165) is 30.7 Å². The zero-order valence-corrected chi connectivity index (χ0v) is 22.0. The molecule has 0 saturated heterocycles. The number of hydrogen-bond acceptors (Lipinski definition) is 4. The van der Waals surface area contributed by atoms with Crippen molar-refractivity contribution in [3.05, 3.63) is 76.4 Å². The molecule has 0 atom stereocenters. The Balaban J connectivity index is 1.34. The number of rotatable bonds is 6. The van der Waals surface area contributed by atoms with E-state index in [1.54, 1.807) is 18.5 Å². The lowest BCUT2D eigenvalue weighted by Crippen LogP contribution is -2.47. The average molecular weight is 544 g/mol. The van der Waals surface area contributed by atoms with Gasteiger partial charge in [-0.1, -0.05) is 12.1 Å². The maximum absolute atomic E-state index is 14.2. The third-order valence-electron chi connectivity index (χ3n) is 8.57. The van der Waals surface area contributed by atoms with Crippen LogP contribution in [0.1, 0.15) is 77.5 Å². The van der Waals surface area contributed by atoms with Gasteiger partial charge < -0.3 is 14.8 Å². The molecule has 6 nitrogen and oxygen atoms in total. The van der Waals surface area contributed by atoms with Crippen LogP contribution in [-0.2, 0) is 31.7 Å². The number of halogens is 4. The highest BCUT2D eigenvalue weighted by molar-refractivity contribution is 6.21. The maximum atomic E-state index is 14.2. The number of aromatic nitrogens is 3. The minimum Gasteiger partial charge on any atom is -0.320 e.